The van der Waals surface area contributed by atoms with Gasteiger partial charge < -0.3 is 25.2 Å². The van der Waals surface area contributed by atoms with Gasteiger partial charge in [0.2, 0.25) is 0 Å². The standard InChI is InChI=1S/C22H33N5O2/c1-3-4-15-29-16-5-10-24-22(28)19(17-23)18-25-20-6-8-21(9-7-20)27-13-11-26(2)12-14-27/h6-9,18,25H,3-5,10-16H2,1-2H3,(H,24,28)/b19-18-. The van der Waals surface area contributed by atoms with E-state index in [1.165, 1.54) is 11.9 Å². The number of likely N-dealkylation sites (N-methyl/N-ethyl adjacent to an activating group) is 1. The number of ether oxygens (including phenoxy) is 1. The summed E-state index contributed by atoms with van der Waals surface area (Å²) in [7, 11) is 2.14. The van der Waals surface area contributed by atoms with Crippen LogP contribution in [-0.4, -0.2) is 63.8 Å². The highest BCUT2D eigenvalue weighted by atomic mass is 16.5. The van der Waals surface area contributed by atoms with Crippen molar-refractivity contribution in [2.24, 2.45) is 0 Å². The summed E-state index contributed by atoms with van der Waals surface area (Å²) in [5.41, 5.74) is 2.08. The van der Waals surface area contributed by atoms with E-state index in [-0.39, 0.29) is 11.5 Å². The number of anilines is 2. The van der Waals surface area contributed by atoms with Crippen molar-refractivity contribution in [3.8, 4) is 6.07 Å². The zero-order chi connectivity index (χ0) is 20.9. The van der Waals surface area contributed by atoms with E-state index < -0.39 is 0 Å². The molecule has 1 aromatic rings. The number of nitriles is 1. The Labute approximate surface area is 174 Å². The van der Waals surface area contributed by atoms with Crippen LogP contribution in [0.15, 0.2) is 36.0 Å². The van der Waals surface area contributed by atoms with Gasteiger partial charge in [-0.1, -0.05) is 13.3 Å². The molecule has 0 bridgehead atoms. The lowest BCUT2D eigenvalue weighted by molar-refractivity contribution is -0.117. The first kappa shape index (κ1) is 22.7. The van der Waals surface area contributed by atoms with Crippen molar-refractivity contribution in [2.75, 3.05) is 63.2 Å². The van der Waals surface area contributed by atoms with Crippen molar-refractivity contribution >= 4 is 17.3 Å². The highest BCUT2D eigenvalue weighted by Crippen LogP contribution is 2.19. The second-order valence-corrected chi connectivity index (χ2v) is 7.23. The van der Waals surface area contributed by atoms with Crippen LogP contribution in [-0.2, 0) is 9.53 Å². The molecule has 0 unspecified atom stereocenters. The minimum Gasteiger partial charge on any atom is -0.381 e. The molecule has 2 rings (SSSR count). The van der Waals surface area contributed by atoms with E-state index in [9.17, 15) is 10.1 Å². The molecule has 158 valence electrons. The largest absolute Gasteiger partial charge is 0.381 e. The summed E-state index contributed by atoms with van der Waals surface area (Å²) in [4.78, 5) is 16.8. The summed E-state index contributed by atoms with van der Waals surface area (Å²) in [6.07, 6.45) is 4.35. The number of nitrogens with zero attached hydrogens (tertiary/aromatic N) is 3. The van der Waals surface area contributed by atoms with Crippen LogP contribution in [0.5, 0.6) is 0 Å². The second-order valence-electron chi connectivity index (χ2n) is 7.23. The first-order valence-corrected chi connectivity index (χ1v) is 10.4. The summed E-state index contributed by atoms with van der Waals surface area (Å²) in [5.74, 6) is -0.373. The summed E-state index contributed by atoms with van der Waals surface area (Å²) in [6, 6.07) is 10.00. The molecule has 0 saturated carbocycles. The van der Waals surface area contributed by atoms with Crippen LogP contribution < -0.4 is 15.5 Å². The predicted molar refractivity (Wildman–Crippen MR) is 117 cm³/mol. The molecule has 1 heterocycles. The SMILES string of the molecule is CCCCOCCCNC(=O)/C(C#N)=C\Nc1ccc(N2CCN(C)CC2)cc1. The lowest BCUT2D eigenvalue weighted by Gasteiger charge is -2.34. The molecule has 2 N–H and O–H groups in total. The van der Waals surface area contributed by atoms with Crippen molar-refractivity contribution in [3.05, 3.63) is 36.0 Å². The topological polar surface area (TPSA) is 80.6 Å². The molecule has 0 spiro atoms. The van der Waals surface area contributed by atoms with E-state index in [0.29, 0.717) is 13.2 Å². The van der Waals surface area contributed by atoms with Gasteiger partial charge in [-0.15, -0.1) is 0 Å². The highest BCUT2D eigenvalue weighted by molar-refractivity contribution is 5.97. The molecule has 0 atom stereocenters. The van der Waals surface area contributed by atoms with E-state index in [1.807, 2.05) is 18.2 Å². The summed E-state index contributed by atoms with van der Waals surface area (Å²) < 4.78 is 5.46. The molecule has 1 saturated heterocycles. The van der Waals surface area contributed by atoms with Crippen molar-refractivity contribution in [1.82, 2.24) is 10.2 Å². The van der Waals surface area contributed by atoms with Crippen LogP contribution in [0.2, 0.25) is 0 Å². The van der Waals surface area contributed by atoms with Gasteiger partial charge in [-0.2, -0.15) is 5.26 Å². The third kappa shape index (κ3) is 8.14. The van der Waals surface area contributed by atoms with Crippen molar-refractivity contribution in [3.63, 3.8) is 0 Å². The predicted octanol–water partition coefficient (Wildman–Crippen LogP) is 2.58. The zero-order valence-corrected chi connectivity index (χ0v) is 17.6. The average Bonchev–Trinajstić information content (AvgIpc) is 2.74. The van der Waals surface area contributed by atoms with Gasteiger partial charge in [0.05, 0.1) is 0 Å². The third-order valence-corrected chi connectivity index (χ3v) is 4.88. The Bertz CT molecular complexity index is 688. The molecule has 0 radical (unpaired) electrons. The van der Waals surface area contributed by atoms with Crippen molar-refractivity contribution in [2.45, 2.75) is 26.2 Å². The maximum Gasteiger partial charge on any atom is 0.263 e. The number of carbonyl (C=O) groups excluding carboxylic acids is 1. The molecule has 7 nitrogen and oxygen atoms in total. The van der Waals surface area contributed by atoms with E-state index in [4.69, 9.17) is 4.74 Å². The van der Waals surface area contributed by atoms with Crippen LogP contribution in [0.1, 0.15) is 26.2 Å². The molecule has 29 heavy (non-hydrogen) atoms. The summed E-state index contributed by atoms with van der Waals surface area (Å²) >= 11 is 0. The van der Waals surface area contributed by atoms with Gasteiger partial charge in [0.25, 0.3) is 5.91 Å². The smallest absolute Gasteiger partial charge is 0.263 e. The first-order chi connectivity index (χ1) is 14.1. The molecular weight excluding hydrogens is 366 g/mol. The molecule has 0 aliphatic carbocycles. The quantitative estimate of drug-likeness (QED) is 0.338. The Morgan fingerprint density at radius 1 is 1.17 bits per heavy atom. The van der Waals surface area contributed by atoms with Crippen LogP contribution in [0, 0.1) is 11.3 Å². The van der Waals surface area contributed by atoms with Gasteiger partial charge >= 0.3 is 0 Å². The lowest BCUT2D eigenvalue weighted by Crippen LogP contribution is -2.44. The molecule has 1 aliphatic heterocycles. The number of hydrogen-bond acceptors (Lipinski definition) is 6. The normalized spacial score (nSPS) is 15.1. The number of amides is 1. The van der Waals surface area contributed by atoms with Crippen molar-refractivity contribution < 1.29 is 9.53 Å². The molecule has 1 aromatic carbocycles. The van der Waals surface area contributed by atoms with E-state index >= 15 is 0 Å². The zero-order valence-electron chi connectivity index (χ0n) is 17.6. The molecule has 0 aromatic heterocycles. The third-order valence-electron chi connectivity index (χ3n) is 4.88. The van der Waals surface area contributed by atoms with Gasteiger partial charge in [0.15, 0.2) is 0 Å². The molecule has 1 amide bonds. The fourth-order valence-corrected chi connectivity index (χ4v) is 2.96. The average molecular weight is 400 g/mol. The minimum atomic E-state index is -0.373. The van der Waals surface area contributed by atoms with Crippen LogP contribution in [0.4, 0.5) is 11.4 Å². The van der Waals surface area contributed by atoms with E-state index in [1.54, 1.807) is 0 Å². The monoisotopic (exact) mass is 399 g/mol. The Hall–Kier alpha value is -2.56. The summed E-state index contributed by atoms with van der Waals surface area (Å²) in [6.45, 7) is 8.15. The maximum atomic E-state index is 12.1. The van der Waals surface area contributed by atoms with Crippen LogP contribution in [0.3, 0.4) is 0 Å². The van der Waals surface area contributed by atoms with Crippen LogP contribution >= 0.6 is 0 Å². The van der Waals surface area contributed by atoms with E-state index in [0.717, 1.165) is 57.7 Å². The van der Waals surface area contributed by atoms with Crippen molar-refractivity contribution in [1.29, 1.82) is 5.26 Å². The molecule has 1 aliphatic rings. The summed E-state index contributed by atoms with van der Waals surface area (Å²) in [5, 5.41) is 15.1. The number of unbranched alkanes of at least 4 members (excludes halogenated alkanes) is 1. The van der Waals surface area contributed by atoms with Gasteiger partial charge in [-0.3, -0.25) is 4.79 Å². The Balaban J connectivity index is 1.76. The maximum absolute atomic E-state index is 12.1. The number of benzene rings is 1. The highest BCUT2D eigenvalue weighted by Gasteiger charge is 2.14. The van der Waals surface area contributed by atoms with Gasteiger partial charge in [0, 0.05) is 63.5 Å². The number of carbonyl (C=O) groups is 1. The van der Waals surface area contributed by atoms with Gasteiger partial charge in [-0.05, 0) is 44.2 Å². The fourth-order valence-electron chi connectivity index (χ4n) is 2.96. The van der Waals surface area contributed by atoms with E-state index in [2.05, 4.69) is 46.5 Å². The Kier molecular flexibility index (Phi) is 10.0. The lowest BCUT2D eigenvalue weighted by atomic mass is 10.2. The molecular formula is C22H33N5O2. The second kappa shape index (κ2) is 12.8. The number of piperazine rings is 1. The van der Waals surface area contributed by atoms with Gasteiger partial charge in [-0.25, -0.2) is 0 Å². The molecule has 1 fully saturated rings. The number of hydrogen-bond donors (Lipinski definition) is 2. The Morgan fingerprint density at radius 2 is 1.86 bits per heavy atom. The number of nitrogens with one attached hydrogen (secondary N) is 2. The van der Waals surface area contributed by atoms with Gasteiger partial charge in [0.1, 0.15) is 11.6 Å². The number of rotatable bonds is 11. The minimum absolute atomic E-state index is 0.0556. The Morgan fingerprint density at radius 3 is 2.52 bits per heavy atom. The molecule has 7 heteroatoms. The fraction of sp³-hybridized carbons (Fsp3) is 0.545. The first-order valence-electron chi connectivity index (χ1n) is 10.4. The van der Waals surface area contributed by atoms with Crippen LogP contribution in [0.25, 0.3) is 0 Å².